The lowest BCUT2D eigenvalue weighted by atomic mass is 9.98. The van der Waals surface area contributed by atoms with E-state index in [1.165, 1.54) is 7.11 Å². The van der Waals surface area contributed by atoms with Crippen LogP contribution in [-0.2, 0) is 19.1 Å². The molecule has 3 unspecified atom stereocenters. The van der Waals surface area contributed by atoms with Crippen LogP contribution in [0.25, 0.3) is 0 Å². The van der Waals surface area contributed by atoms with Gasteiger partial charge < -0.3 is 25.2 Å². The lowest BCUT2D eigenvalue weighted by Crippen LogP contribution is -2.50. The van der Waals surface area contributed by atoms with E-state index in [0.717, 1.165) is 6.42 Å². The predicted octanol–water partition coefficient (Wildman–Crippen LogP) is 2.85. The van der Waals surface area contributed by atoms with Gasteiger partial charge in [-0.05, 0) is 32.8 Å². The van der Waals surface area contributed by atoms with Crippen LogP contribution < -0.4 is 10.6 Å². The van der Waals surface area contributed by atoms with Crippen LogP contribution in [0.1, 0.15) is 65.0 Å². The fourth-order valence-corrected chi connectivity index (χ4v) is 2.81. The number of benzene rings is 1. The lowest BCUT2D eigenvalue weighted by Gasteiger charge is -2.28. The maximum Gasteiger partial charge on any atom is 0.408 e. The molecule has 2 amide bonds. The number of hydrogen-bond acceptors (Lipinski definition) is 6. The monoisotopic (exact) mass is 422 g/mol. The number of carbonyl (C=O) groups is 3. The van der Waals surface area contributed by atoms with E-state index in [9.17, 15) is 19.5 Å². The van der Waals surface area contributed by atoms with E-state index in [-0.39, 0.29) is 6.42 Å². The molecular weight excluding hydrogens is 388 g/mol. The van der Waals surface area contributed by atoms with Crippen molar-refractivity contribution in [1.29, 1.82) is 0 Å². The number of esters is 1. The zero-order valence-electron chi connectivity index (χ0n) is 18.4. The molecule has 0 saturated carbocycles. The van der Waals surface area contributed by atoms with E-state index in [0.29, 0.717) is 18.4 Å². The number of carbonyl (C=O) groups excluding carboxylic acids is 3. The van der Waals surface area contributed by atoms with Crippen LogP contribution in [0.5, 0.6) is 0 Å². The molecule has 0 aromatic heterocycles. The fourth-order valence-electron chi connectivity index (χ4n) is 2.81. The molecule has 0 bridgehead atoms. The summed E-state index contributed by atoms with van der Waals surface area (Å²) in [6.45, 7) is 7.20. The number of methoxy groups -OCH3 is 1. The van der Waals surface area contributed by atoms with Gasteiger partial charge >= 0.3 is 12.1 Å². The number of ether oxygens (including phenoxy) is 2. The highest BCUT2D eigenvalue weighted by molar-refractivity contribution is 5.86. The van der Waals surface area contributed by atoms with Crippen LogP contribution in [0.15, 0.2) is 30.3 Å². The number of aliphatic hydroxyl groups excluding tert-OH is 1. The minimum atomic E-state index is -1.20. The molecule has 1 rings (SSSR count). The molecule has 0 aliphatic heterocycles. The Labute approximate surface area is 178 Å². The molecule has 3 atom stereocenters. The normalized spacial score (nSPS) is 14.2. The largest absolute Gasteiger partial charge is 0.469 e. The minimum Gasteiger partial charge on any atom is -0.469 e. The molecule has 168 valence electrons. The van der Waals surface area contributed by atoms with Crippen molar-refractivity contribution in [2.75, 3.05) is 7.11 Å². The Morgan fingerprint density at radius 3 is 2.27 bits per heavy atom. The summed E-state index contributed by atoms with van der Waals surface area (Å²) in [5.41, 5.74) is -0.0622. The van der Waals surface area contributed by atoms with E-state index in [1.54, 1.807) is 45.0 Å². The second kappa shape index (κ2) is 12.2. The molecule has 3 N–H and O–H groups in total. The highest BCUT2D eigenvalue weighted by Gasteiger charge is 2.30. The topological polar surface area (TPSA) is 114 Å². The smallest absolute Gasteiger partial charge is 0.408 e. The van der Waals surface area contributed by atoms with Crippen molar-refractivity contribution in [3.8, 4) is 0 Å². The van der Waals surface area contributed by atoms with Crippen molar-refractivity contribution in [1.82, 2.24) is 10.6 Å². The molecule has 0 heterocycles. The lowest BCUT2D eigenvalue weighted by molar-refractivity contribution is -0.143. The van der Waals surface area contributed by atoms with Gasteiger partial charge in [-0.1, -0.05) is 50.1 Å². The summed E-state index contributed by atoms with van der Waals surface area (Å²) >= 11 is 0. The van der Waals surface area contributed by atoms with Gasteiger partial charge in [0.2, 0.25) is 5.91 Å². The molecule has 8 heteroatoms. The summed E-state index contributed by atoms with van der Waals surface area (Å²) in [6.07, 6.45) is -0.199. The number of aliphatic hydroxyl groups is 1. The second-order valence-corrected chi connectivity index (χ2v) is 8.09. The molecule has 0 fully saturated rings. The van der Waals surface area contributed by atoms with Crippen LogP contribution in [0.2, 0.25) is 0 Å². The third-order valence-electron chi connectivity index (χ3n) is 4.30. The maximum absolute atomic E-state index is 13.0. The third-order valence-corrected chi connectivity index (χ3v) is 4.30. The zero-order chi connectivity index (χ0) is 22.7. The Balaban J connectivity index is 3.00. The van der Waals surface area contributed by atoms with Gasteiger partial charge in [0.1, 0.15) is 11.6 Å². The van der Waals surface area contributed by atoms with Gasteiger partial charge in [-0.3, -0.25) is 9.59 Å². The van der Waals surface area contributed by atoms with Crippen LogP contribution in [0.3, 0.4) is 0 Å². The van der Waals surface area contributed by atoms with E-state index in [4.69, 9.17) is 4.74 Å². The van der Waals surface area contributed by atoms with Crippen LogP contribution in [0.4, 0.5) is 4.79 Å². The number of nitrogens with one attached hydrogen (secondary N) is 2. The van der Waals surface area contributed by atoms with Gasteiger partial charge in [0.05, 0.1) is 25.7 Å². The van der Waals surface area contributed by atoms with Crippen LogP contribution in [-0.4, -0.2) is 47.9 Å². The first kappa shape index (κ1) is 25.4. The molecule has 0 radical (unpaired) electrons. The van der Waals surface area contributed by atoms with Gasteiger partial charge in [-0.15, -0.1) is 0 Å². The minimum absolute atomic E-state index is 0.282. The van der Waals surface area contributed by atoms with Crippen molar-refractivity contribution in [2.24, 2.45) is 0 Å². The van der Waals surface area contributed by atoms with Crippen molar-refractivity contribution < 1.29 is 29.0 Å². The summed E-state index contributed by atoms with van der Waals surface area (Å²) in [5, 5.41) is 16.0. The molecule has 8 nitrogen and oxygen atoms in total. The Kier molecular flexibility index (Phi) is 10.3. The number of hydrogen-bond donors (Lipinski definition) is 3. The summed E-state index contributed by atoms with van der Waals surface area (Å²) in [7, 11) is 1.23. The third kappa shape index (κ3) is 9.26. The molecule has 0 spiro atoms. The van der Waals surface area contributed by atoms with Crippen molar-refractivity contribution in [3.63, 3.8) is 0 Å². The average molecular weight is 423 g/mol. The number of amides is 2. The van der Waals surface area contributed by atoms with Crippen LogP contribution in [0, 0.1) is 0 Å². The molecule has 0 aliphatic carbocycles. The standard InChI is InChI=1S/C22H34N2O6/c1-6-7-13-16(23-21(28)30-22(2,3)4)20(27)24-19(15-11-9-8-10-12-15)17(25)14-18(26)29-5/h8-12,16-17,19,25H,6-7,13-14H2,1-5H3,(H,23,28)(H,24,27). The number of alkyl carbamates (subject to hydrolysis) is 1. The summed E-state index contributed by atoms with van der Waals surface area (Å²) in [6, 6.07) is 7.16. The van der Waals surface area contributed by atoms with Gasteiger partial charge in [0.15, 0.2) is 0 Å². The summed E-state index contributed by atoms with van der Waals surface area (Å²) < 4.78 is 9.89. The van der Waals surface area contributed by atoms with E-state index < -0.39 is 41.8 Å². The highest BCUT2D eigenvalue weighted by atomic mass is 16.6. The molecular formula is C22H34N2O6. The Hall–Kier alpha value is -2.61. The highest BCUT2D eigenvalue weighted by Crippen LogP contribution is 2.20. The predicted molar refractivity (Wildman–Crippen MR) is 113 cm³/mol. The molecule has 1 aromatic rings. The summed E-state index contributed by atoms with van der Waals surface area (Å²) in [5.74, 6) is -1.06. The Bertz CT molecular complexity index is 687. The molecule has 1 aromatic carbocycles. The Morgan fingerprint density at radius 2 is 1.73 bits per heavy atom. The number of unbranched alkanes of at least 4 members (excludes halogenated alkanes) is 1. The first-order valence-corrected chi connectivity index (χ1v) is 10.2. The van der Waals surface area contributed by atoms with E-state index in [1.807, 2.05) is 13.0 Å². The fraction of sp³-hybridized carbons (Fsp3) is 0.591. The summed E-state index contributed by atoms with van der Waals surface area (Å²) in [4.78, 5) is 36.8. The first-order chi connectivity index (χ1) is 14.1. The first-order valence-electron chi connectivity index (χ1n) is 10.2. The van der Waals surface area contributed by atoms with Crippen molar-refractivity contribution in [3.05, 3.63) is 35.9 Å². The maximum atomic E-state index is 13.0. The van der Waals surface area contributed by atoms with E-state index >= 15 is 0 Å². The SMILES string of the molecule is CCCCC(NC(=O)OC(C)(C)C)C(=O)NC(c1ccccc1)C(O)CC(=O)OC. The second-order valence-electron chi connectivity index (χ2n) is 8.09. The van der Waals surface area contributed by atoms with Gasteiger partial charge in [0.25, 0.3) is 0 Å². The van der Waals surface area contributed by atoms with E-state index in [2.05, 4.69) is 15.4 Å². The van der Waals surface area contributed by atoms with Gasteiger partial charge in [0, 0.05) is 0 Å². The van der Waals surface area contributed by atoms with Crippen molar-refractivity contribution >= 4 is 18.0 Å². The molecule has 0 aliphatic rings. The van der Waals surface area contributed by atoms with Crippen LogP contribution >= 0.6 is 0 Å². The quantitative estimate of drug-likeness (QED) is 0.500. The van der Waals surface area contributed by atoms with Crippen molar-refractivity contribution in [2.45, 2.75) is 77.2 Å². The zero-order valence-corrected chi connectivity index (χ0v) is 18.4. The van der Waals surface area contributed by atoms with Gasteiger partial charge in [-0.25, -0.2) is 4.79 Å². The van der Waals surface area contributed by atoms with Gasteiger partial charge in [-0.2, -0.15) is 0 Å². The Morgan fingerprint density at radius 1 is 1.10 bits per heavy atom. The molecule has 0 saturated heterocycles. The molecule has 30 heavy (non-hydrogen) atoms. The number of rotatable bonds is 10. The average Bonchev–Trinajstić information content (AvgIpc) is 2.68.